The van der Waals surface area contributed by atoms with Crippen LogP contribution in [0.2, 0.25) is 0 Å². The number of nitrogens with one attached hydrogen (secondary N) is 2. The molecule has 12 heteroatoms. The smallest absolute Gasteiger partial charge is 0.226 e. The fraction of sp³-hybridized carbons (Fsp3) is 0.385. The van der Waals surface area contributed by atoms with E-state index >= 15 is 0 Å². The summed E-state index contributed by atoms with van der Waals surface area (Å²) in [5, 5.41) is 19.1. The molecule has 206 valence electrons. The highest BCUT2D eigenvalue weighted by Gasteiger charge is 2.31. The van der Waals surface area contributed by atoms with Crippen LogP contribution in [0.25, 0.3) is 0 Å². The quantitative estimate of drug-likeness (QED) is 0.219. The topological polar surface area (TPSA) is 141 Å². The maximum Gasteiger partial charge on any atom is 0.226 e. The fourth-order valence-corrected chi connectivity index (χ4v) is 6.92. The summed E-state index contributed by atoms with van der Waals surface area (Å²) in [5.41, 5.74) is 9.27. The number of nitrogens with two attached hydrogens (primary N) is 1. The summed E-state index contributed by atoms with van der Waals surface area (Å²) < 4.78 is 48.7. The van der Waals surface area contributed by atoms with E-state index in [-0.39, 0.29) is 36.5 Å². The van der Waals surface area contributed by atoms with Gasteiger partial charge in [-0.1, -0.05) is 25.1 Å². The van der Waals surface area contributed by atoms with E-state index in [1.807, 2.05) is 25.1 Å². The molecule has 0 radical (unpaired) electrons. The van der Waals surface area contributed by atoms with Crippen molar-refractivity contribution in [2.45, 2.75) is 50.1 Å². The summed E-state index contributed by atoms with van der Waals surface area (Å²) in [6.07, 6.45) is -0.438. The lowest BCUT2D eigenvalue weighted by Gasteiger charge is -2.42. The lowest BCUT2D eigenvalue weighted by atomic mass is 9.97. The number of aliphatic hydroxyl groups excluding tert-OH is 1. The average Bonchev–Trinajstić information content (AvgIpc) is 3.24. The van der Waals surface area contributed by atoms with E-state index in [0.717, 1.165) is 41.3 Å². The molecular weight excluding hydrogens is 534 g/mol. The van der Waals surface area contributed by atoms with Crippen molar-refractivity contribution in [3.63, 3.8) is 0 Å². The number of carbonyl (C=O) groups is 1. The number of thiazole rings is 1. The first-order chi connectivity index (χ1) is 18.0. The van der Waals surface area contributed by atoms with Gasteiger partial charge in [0.1, 0.15) is 11.6 Å². The second-order valence-corrected chi connectivity index (χ2v) is 12.7. The number of anilines is 1. The van der Waals surface area contributed by atoms with Gasteiger partial charge in [-0.15, -0.1) is 11.3 Å². The molecule has 2 aromatic carbocycles. The van der Waals surface area contributed by atoms with Gasteiger partial charge in [-0.25, -0.2) is 13.8 Å². The highest BCUT2D eigenvalue weighted by Crippen LogP contribution is 2.50. The maximum atomic E-state index is 13.8. The van der Waals surface area contributed by atoms with Crippen molar-refractivity contribution in [2.24, 2.45) is 0 Å². The van der Waals surface area contributed by atoms with E-state index in [2.05, 4.69) is 15.6 Å². The Hall–Kier alpha value is -2.61. The Morgan fingerprint density at radius 3 is 2.61 bits per heavy atom. The predicted molar refractivity (Wildman–Crippen MR) is 146 cm³/mol. The van der Waals surface area contributed by atoms with Gasteiger partial charge < -0.3 is 21.5 Å². The molecule has 3 atom stereocenters. The number of rotatable bonds is 10. The molecular formula is C26H32F2N4O4S2. The van der Waals surface area contributed by atoms with Crippen molar-refractivity contribution >= 4 is 33.0 Å². The van der Waals surface area contributed by atoms with Crippen LogP contribution in [0.3, 0.4) is 0 Å². The van der Waals surface area contributed by atoms with Crippen LogP contribution in [0.15, 0.2) is 41.8 Å². The molecule has 0 fully saturated rings. The van der Waals surface area contributed by atoms with E-state index in [1.165, 1.54) is 11.3 Å². The number of nitrogens with zero attached hydrogens (tertiary/aromatic N) is 1. The van der Waals surface area contributed by atoms with Gasteiger partial charge in [0.15, 0.2) is 5.13 Å². The van der Waals surface area contributed by atoms with Crippen LogP contribution in [0.4, 0.5) is 13.9 Å². The Labute approximate surface area is 225 Å². The summed E-state index contributed by atoms with van der Waals surface area (Å²) >= 11 is 1.20. The predicted octanol–water partition coefficient (Wildman–Crippen LogP) is 3.79. The van der Waals surface area contributed by atoms with Crippen LogP contribution in [-0.4, -0.2) is 49.5 Å². The normalized spacial score (nSPS) is 18.8. The Morgan fingerprint density at radius 1 is 1.21 bits per heavy atom. The summed E-state index contributed by atoms with van der Waals surface area (Å²) in [5.74, 6) is -1.67. The van der Waals surface area contributed by atoms with Gasteiger partial charge in [0.2, 0.25) is 5.91 Å². The van der Waals surface area contributed by atoms with Gasteiger partial charge in [-0.3, -0.25) is 13.9 Å². The van der Waals surface area contributed by atoms with Crippen LogP contribution in [0.5, 0.6) is 0 Å². The fourth-order valence-electron chi connectivity index (χ4n) is 4.65. The minimum atomic E-state index is -2.86. The van der Waals surface area contributed by atoms with Crippen molar-refractivity contribution < 1.29 is 27.8 Å². The minimum Gasteiger partial charge on any atom is -0.390 e. The number of hydrogen-bond donors (Lipinski definition) is 6. The van der Waals surface area contributed by atoms with Crippen molar-refractivity contribution in [1.82, 2.24) is 15.6 Å². The molecule has 38 heavy (non-hydrogen) atoms. The molecule has 1 aliphatic heterocycles. The highest BCUT2D eigenvalue weighted by molar-refractivity contribution is 8.23. The van der Waals surface area contributed by atoms with Crippen molar-refractivity contribution in [2.75, 3.05) is 18.0 Å². The molecule has 0 spiro atoms. The zero-order chi connectivity index (χ0) is 27.4. The number of carbonyl (C=O) groups excluding carboxylic acids is 1. The number of halogens is 2. The third-order valence-electron chi connectivity index (χ3n) is 6.49. The first-order valence-corrected chi connectivity index (χ1v) is 15.0. The number of hydrogen-bond acceptors (Lipinski definition) is 8. The molecule has 1 aromatic heterocycles. The Kier molecular flexibility index (Phi) is 9.01. The molecule has 1 aliphatic rings. The van der Waals surface area contributed by atoms with Gasteiger partial charge >= 0.3 is 0 Å². The van der Waals surface area contributed by atoms with Crippen molar-refractivity contribution in [3.8, 4) is 0 Å². The van der Waals surface area contributed by atoms with Gasteiger partial charge in [0.25, 0.3) is 0 Å². The molecule has 0 saturated carbocycles. The maximum absolute atomic E-state index is 13.8. The molecule has 7 N–H and O–H groups in total. The van der Waals surface area contributed by atoms with Crippen molar-refractivity contribution in [3.05, 3.63) is 81.4 Å². The molecule has 8 nitrogen and oxygen atoms in total. The zero-order valence-corrected chi connectivity index (χ0v) is 22.5. The van der Waals surface area contributed by atoms with Gasteiger partial charge in [-0.05, 0) is 47.2 Å². The lowest BCUT2D eigenvalue weighted by Crippen LogP contribution is -2.50. The highest BCUT2D eigenvalue weighted by atomic mass is 32.3. The molecule has 0 bridgehead atoms. The third-order valence-corrected chi connectivity index (χ3v) is 8.85. The number of aryl methyl sites for hydroxylation is 1. The summed E-state index contributed by atoms with van der Waals surface area (Å²) in [7, 11) is -2.86. The van der Waals surface area contributed by atoms with E-state index in [1.54, 1.807) is 5.38 Å². The van der Waals surface area contributed by atoms with Crippen molar-refractivity contribution in [1.29, 1.82) is 0 Å². The summed E-state index contributed by atoms with van der Waals surface area (Å²) in [6.45, 7) is 2.02. The van der Waals surface area contributed by atoms with E-state index in [4.69, 9.17) is 5.73 Å². The van der Waals surface area contributed by atoms with Crippen LogP contribution < -0.4 is 16.4 Å². The SMILES string of the molecule is CCc1ccc2c(c1)[C@@H](NC[C@H](O)[C@H](Cc1cc(F)cc(F)c1)NC(=O)Cc1csc(N)n1)CS(O)(O)C2. The Bertz CT molecular complexity index is 1270. The first-order valence-electron chi connectivity index (χ1n) is 12.2. The van der Waals surface area contributed by atoms with Gasteiger partial charge in [0, 0.05) is 18.0 Å². The molecule has 0 saturated heterocycles. The second kappa shape index (κ2) is 12.1. The van der Waals surface area contributed by atoms with Crippen LogP contribution in [0, 0.1) is 11.6 Å². The summed E-state index contributed by atoms with van der Waals surface area (Å²) in [4.78, 5) is 16.8. The number of aliphatic hydroxyl groups is 1. The molecule has 2 heterocycles. The van der Waals surface area contributed by atoms with Crippen LogP contribution in [-0.2, 0) is 29.8 Å². The molecule has 3 aromatic rings. The largest absolute Gasteiger partial charge is 0.390 e. The van der Waals surface area contributed by atoms with Gasteiger partial charge in [0.05, 0.1) is 41.8 Å². The third kappa shape index (κ3) is 7.49. The molecule has 0 unspecified atom stereocenters. The first kappa shape index (κ1) is 28.4. The van der Waals surface area contributed by atoms with Crippen LogP contribution >= 0.6 is 21.9 Å². The number of aromatic nitrogens is 1. The van der Waals surface area contributed by atoms with Crippen LogP contribution in [0.1, 0.15) is 40.9 Å². The number of nitrogen functional groups attached to an aromatic ring is 1. The minimum absolute atomic E-state index is 0.0115. The second-order valence-electron chi connectivity index (χ2n) is 9.54. The molecule has 1 amide bonds. The average molecular weight is 567 g/mol. The number of amides is 1. The van der Waals surface area contributed by atoms with Gasteiger partial charge in [-0.2, -0.15) is 10.6 Å². The van der Waals surface area contributed by atoms with E-state index in [0.29, 0.717) is 10.8 Å². The Balaban J connectivity index is 1.50. The number of fused-ring (bicyclic) bond motifs is 1. The number of benzene rings is 2. The summed E-state index contributed by atoms with van der Waals surface area (Å²) in [6, 6.07) is 7.65. The monoisotopic (exact) mass is 566 g/mol. The lowest BCUT2D eigenvalue weighted by molar-refractivity contribution is -0.122. The van der Waals surface area contributed by atoms with E-state index < -0.39 is 46.3 Å². The standard InChI is InChI=1S/C26H32F2N4O4S2/c1-2-15-3-4-17-13-38(35,36)14-23(21(17)7-15)30-11-24(33)22(8-16-5-18(27)9-19(28)6-16)32-25(34)10-20-12-37-26(29)31-20/h3-7,9,12,22-24,30,33,35-36H,2,8,10-11,13-14H2,1H3,(H2,29,31)(H,32,34)/t22-,23-,24-/m0/s1. The molecule has 4 rings (SSSR count). The Morgan fingerprint density at radius 2 is 1.95 bits per heavy atom. The van der Waals surface area contributed by atoms with E-state index in [9.17, 15) is 27.8 Å². The zero-order valence-electron chi connectivity index (χ0n) is 20.9. The molecule has 0 aliphatic carbocycles.